The molecule has 1 aromatic rings. The van der Waals surface area contributed by atoms with E-state index < -0.39 is 0 Å². The maximum atomic E-state index is 9.33. The zero-order valence-electron chi connectivity index (χ0n) is 11.1. The van der Waals surface area contributed by atoms with Crippen LogP contribution in [0.3, 0.4) is 0 Å². The van der Waals surface area contributed by atoms with E-state index in [1.165, 1.54) is 24.9 Å². The lowest BCUT2D eigenvalue weighted by molar-refractivity contribution is 0.0753. The monoisotopic (exact) mass is 233 g/mol. The highest BCUT2D eigenvalue weighted by molar-refractivity contribution is 5.27. The predicted octanol–water partition coefficient (Wildman–Crippen LogP) is 3.57. The molecular formula is C15H23NO. The lowest BCUT2D eigenvalue weighted by atomic mass is 9.90. The van der Waals surface area contributed by atoms with E-state index in [1.54, 1.807) is 12.1 Å². The first-order valence-corrected chi connectivity index (χ1v) is 6.64. The van der Waals surface area contributed by atoms with Crippen molar-refractivity contribution in [3.05, 3.63) is 29.8 Å². The highest BCUT2D eigenvalue weighted by atomic mass is 16.3. The van der Waals surface area contributed by atoms with Crippen LogP contribution in [0.1, 0.15) is 45.2 Å². The number of phenols is 1. The largest absolute Gasteiger partial charge is 0.508 e. The van der Waals surface area contributed by atoms with Crippen LogP contribution < -0.4 is 0 Å². The Balaban J connectivity index is 2.13. The Morgan fingerprint density at radius 2 is 1.88 bits per heavy atom. The van der Waals surface area contributed by atoms with Crippen molar-refractivity contribution >= 4 is 0 Å². The molecule has 0 bridgehead atoms. The number of rotatable bonds is 2. The zero-order valence-corrected chi connectivity index (χ0v) is 11.1. The molecule has 0 radical (unpaired) electrons. The minimum absolute atomic E-state index is 0.348. The molecule has 1 aliphatic rings. The molecule has 1 N–H and O–H groups in total. The standard InChI is InChI=1S/C15H23NO/c1-11-5-4-10-16(12(11)2)13(3)14-6-8-15(17)9-7-14/h6-9,11-13,17H,4-5,10H2,1-3H3. The van der Waals surface area contributed by atoms with Crippen molar-refractivity contribution < 1.29 is 5.11 Å². The minimum atomic E-state index is 0.348. The molecule has 1 aromatic carbocycles. The smallest absolute Gasteiger partial charge is 0.115 e. The molecule has 3 atom stereocenters. The van der Waals surface area contributed by atoms with Gasteiger partial charge in [-0.25, -0.2) is 0 Å². The first-order chi connectivity index (χ1) is 8.09. The summed E-state index contributed by atoms with van der Waals surface area (Å²) in [7, 11) is 0. The molecule has 1 heterocycles. The highest BCUT2D eigenvalue weighted by Gasteiger charge is 2.28. The average molecular weight is 233 g/mol. The van der Waals surface area contributed by atoms with Crippen LogP contribution in [0.15, 0.2) is 24.3 Å². The Kier molecular flexibility index (Phi) is 3.72. The lowest BCUT2D eigenvalue weighted by Crippen LogP contribution is -2.43. The number of phenolic OH excluding ortho intramolecular Hbond substituents is 1. The van der Waals surface area contributed by atoms with Crippen molar-refractivity contribution in [1.29, 1.82) is 0 Å². The van der Waals surface area contributed by atoms with Gasteiger partial charge in [-0.2, -0.15) is 0 Å². The number of aromatic hydroxyl groups is 1. The molecule has 17 heavy (non-hydrogen) atoms. The van der Waals surface area contributed by atoms with E-state index in [2.05, 4.69) is 25.7 Å². The van der Waals surface area contributed by atoms with Gasteiger partial charge in [0, 0.05) is 12.1 Å². The van der Waals surface area contributed by atoms with E-state index in [0.29, 0.717) is 17.8 Å². The zero-order chi connectivity index (χ0) is 12.4. The van der Waals surface area contributed by atoms with E-state index in [0.717, 1.165) is 5.92 Å². The van der Waals surface area contributed by atoms with Crippen LogP contribution in [0, 0.1) is 5.92 Å². The maximum Gasteiger partial charge on any atom is 0.115 e. The second kappa shape index (κ2) is 5.09. The summed E-state index contributed by atoms with van der Waals surface area (Å²) in [5, 5.41) is 9.33. The lowest BCUT2D eigenvalue weighted by Gasteiger charge is -2.42. The van der Waals surface area contributed by atoms with E-state index >= 15 is 0 Å². The van der Waals surface area contributed by atoms with E-state index in [4.69, 9.17) is 0 Å². The summed E-state index contributed by atoms with van der Waals surface area (Å²) >= 11 is 0. The molecule has 0 saturated carbocycles. The Bertz CT molecular complexity index is 360. The summed E-state index contributed by atoms with van der Waals surface area (Å²) in [6, 6.07) is 8.71. The molecule has 1 saturated heterocycles. The summed E-state index contributed by atoms with van der Waals surface area (Å²) in [5.41, 5.74) is 1.30. The first-order valence-electron chi connectivity index (χ1n) is 6.64. The maximum absolute atomic E-state index is 9.33. The van der Waals surface area contributed by atoms with Crippen molar-refractivity contribution in [1.82, 2.24) is 4.90 Å². The van der Waals surface area contributed by atoms with Crippen LogP contribution in [0.25, 0.3) is 0 Å². The summed E-state index contributed by atoms with van der Waals surface area (Å²) in [6.45, 7) is 8.13. The Labute approximate surface area is 104 Å². The van der Waals surface area contributed by atoms with Crippen LogP contribution in [0.2, 0.25) is 0 Å². The molecule has 0 spiro atoms. The van der Waals surface area contributed by atoms with Crippen LogP contribution in [0.5, 0.6) is 5.75 Å². The second-order valence-electron chi connectivity index (χ2n) is 5.37. The third kappa shape index (κ3) is 2.63. The molecule has 1 aliphatic heterocycles. The topological polar surface area (TPSA) is 23.5 Å². The summed E-state index contributed by atoms with van der Waals surface area (Å²) in [6.07, 6.45) is 2.65. The number of piperidine rings is 1. The van der Waals surface area contributed by atoms with Gasteiger partial charge in [0.2, 0.25) is 0 Å². The number of nitrogens with zero attached hydrogens (tertiary/aromatic N) is 1. The fourth-order valence-corrected chi connectivity index (χ4v) is 2.86. The van der Waals surface area contributed by atoms with Gasteiger partial charge >= 0.3 is 0 Å². The SMILES string of the molecule is CC1CCCN(C(C)c2ccc(O)cc2)C1C. The molecule has 1 fully saturated rings. The second-order valence-corrected chi connectivity index (χ2v) is 5.37. The molecule has 2 rings (SSSR count). The third-order valence-electron chi connectivity index (χ3n) is 4.30. The van der Waals surface area contributed by atoms with E-state index in [-0.39, 0.29) is 0 Å². The summed E-state index contributed by atoms with van der Waals surface area (Å²) < 4.78 is 0. The van der Waals surface area contributed by atoms with E-state index in [1.807, 2.05) is 12.1 Å². The third-order valence-corrected chi connectivity index (χ3v) is 4.30. The molecule has 2 heteroatoms. The quantitative estimate of drug-likeness (QED) is 0.844. The van der Waals surface area contributed by atoms with Crippen molar-refractivity contribution in [2.45, 2.75) is 45.7 Å². The fourth-order valence-electron chi connectivity index (χ4n) is 2.86. The Morgan fingerprint density at radius 1 is 1.24 bits per heavy atom. The van der Waals surface area contributed by atoms with Gasteiger partial charge in [0.05, 0.1) is 0 Å². The summed E-state index contributed by atoms with van der Waals surface area (Å²) in [4.78, 5) is 2.58. The number of benzene rings is 1. The molecule has 94 valence electrons. The van der Waals surface area contributed by atoms with Crippen molar-refractivity contribution in [2.75, 3.05) is 6.54 Å². The molecule has 0 aliphatic carbocycles. The van der Waals surface area contributed by atoms with Gasteiger partial charge in [0.15, 0.2) is 0 Å². The van der Waals surface area contributed by atoms with Gasteiger partial charge < -0.3 is 5.11 Å². The fraction of sp³-hybridized carbons (Fsp3) is 0.600. The predicted molar refractivity (Wildman–Crippen MR) is 71.1 cm³/mol. The molecule has 0 aromatic heterocycles. The molecule has 2 nitrogen and oxygen atoms in total. The minimum Gasteiger partial charge on any atom is -0.508 e. The van der Waals surface area contributed by atoms with Crippen LogP contribution >= 0.6 is 0 Å². The Hall–Kier alpha value is -1.02. The van der Waals surface area contributed by atoms with Gasteiger partial charge in [0.25, 0.3) is 0 Å². The summed E-state index contributed by atoms with van der Waals surface area (Å²) in [5.74, 6) is 1.13. The van der Waals surface area contributed by atoms with Crippen molar-refractivity contribution in [2.24, 2.45) is 5.92 Å². The van der Waals surface area contributed by atoms with Gasteiger partial charge in [-0.1, -0.05) is 19.1 Å². The van der Waals surface area contributed by atoms with Gasteiger partial charge in [-0.05, 0) is 56.8 Å². The highest BCUT2D eigenvalue weighted by Crippen LogP contribution is 2.31. The molecular weight excluding hydrogens is 210 g/mol. The van der Waals surface area contributed by atoms with Gasteiger partial charge in [-0.15, -0.1) is 0 Å². The van der Waals surface area contributed by atoms with Crippen molar-refractivity contribution in [3.63, 3.8) is 0 Å². The normalized spacial score (nSPS) is 27.9. The molecule has 3 unspecified atom stereocenters. The molecule has 0 amide bonds. The average Bonchev–Trinajstić information content (AvgIpc) is 2.33. The van der Waals surface area contributed by atoms with Gasteiger partial charge in [0.1, 0.15) is 5.75 Å². The van der Waals surface area contributed by atoms with Crippen LogP contribution in [-0.4, -0.2) is 22.6 Å². The van der Waals surface area contributed by atoms with Crippen LogP contribution in [0.4, 0.5) is 0 Å². The number of hydrogen-bond donors (Lipinski definition) is 1. The Morgan fingerprint density at radius 3 is 2.53 bits per heavy atom. The van der Waals surface area contributed by atoms with E-state index in [9.17, 15) is 5.11 Å². The number of hydrogen-bond acceptors (Lipinski definition) is 2. The van der Waals surface area contributed by atoms with Gasteiger partial charge in [-0.3, -0.25) is 4.90 Å². The number of likely N-dealkylation sites (tertiary alicyclic amines) is 1. The first kappa shape index (κ1) is 12.4. The van der Waals surface area contributed by atoms with Crippen molar-refractivity contribution in [3.8, 4) is 5.75 Å². The van der Waals surface area contributed by atoms with Crippen LogP contribution in [-0.2, 0) is 0 Å².